The highest BCUT2D eigenvalue weighted by Crippen LogP contribution is 2.41. The van der Waals surface area contributed by atoms with Gasteiger partial charge >= 0.3 is 0 Å². The van der Waals surface area contributed by atoms with Gasteiger partial charge in [-0.2, -0.15) is 0 Å². The first-order valence-corrected chi connectivity index (χ1v) is 6.43. The van der Waals surface area contributed by atoms with Crippen molar-refractivity contribution in [1.29, 1.82) is 0 Å². The highest BCUT2D eigenvalue weighted by Gasteiger charge is 2.29. The first-order valence-electron chi connectivity index (χ1n) is 6.43. The summed E-state index contributed by atoms with van der Waals surface area (Å²) < 4.78 is 5.11. The molecule has 3 rings (SSSR count). The lowest BCUT2D eigenvalue weighted by Crippen LogP contribution is -2.01. The number of benzene rings is 1. The molecule has 0 fully saturated rings. The molecule has 1 aliphatic carbocycles. The van der Waals surface area contributed by atoms with Crippen molar-refractivity contribution in [2.24, 2.45) is 0 Å². The third kappa shape index (κ3) is 1.54. The number of anilines is 1. The maximum absolute atomic E-state index is 5.11. The van der Waals surface area contributed by atoms with Crippen molar-refractivity contribution in [2.75, 3.05) is 12.4 Å². The number of aromatic nitrogens is 1. The average molecular weight is 242 g/mol. The molecule has 18 heavy (non-hydrogen) atoms. The van der Waals surface area contributed by atoms with Gasteiger partial charge in [-0.1, -0.05) is 17.3 Å². The number of nitrogens with one attached hydrogen (secondary N) is 1. The summed E-state index contributed by atoms with van der Waals surface area (Å²) in [5.74, 6) is 0.375. The summed E-state index contributed by atoms with van der Waals surface area (Å²) >= 11 is 0. The topological polar surface area (TPSA) is 38.1 Å². The maximum Gasteiger partial charge on any atom is 0.147 e. The van der Waals surface area contributed by atoms with E-state index in [1.54, 1.807) is 6.26 Å². The Bertz CT molecular complexity index is 586. The Balaban J connectivity index is 2.08. The molecule has 3 nitrogen and oxygen atoms in total. The van der Waals surface area contributed by atoms with Crippen LogP contribution in [0.15, 0.2) is 22.9 Å². The fraction of sp³-hybridized carbons (Fsp3) is 0.400. The molecule has 1 aromatic carbocycles. The largest absolute Gasteiger partial charge is 0.384 e. The number of nitrogens with zero attached hydrogens (tertiary/aromatic N) is 1. The minimum atomic E-state index is 0.375. The van der Waals surface area contributed by atoms with E-state index in [4.69, 9.17) is 4.52 Å². The molecule has 0 amide bonds. The number of hydrogen-bond acceptors (Lipinski definition) is 3. The van der Waals surface area contributed by atoms with Crippen molar-refractivity contribution in [2.45, 2.75) is 32.6 Å². The molecule has 0 bridgehead atoms. The first-order chi connectivity index (χ1) is 8.72. The molecule has 0 aliphatic heterocycles. The lowest BCUT2D eigenvalue weighted by molar-refractivity contribution is 0.408. The normalized spacial score (nSPS) is 17.8. The van der Waals surface area contributed by atoms with Crippen LogP contribution in [0.3, 0.4) is 0 Å². The molecule has 1 unspecified atom stereocenters. The third-order valence-corrected chi connectivity index (χ3v) is 4.16. The minimum Gasteiger partial charge on any atom is -0.384 e. The second-order valence-electron chi connectivity index (χ2n) is 5.03. The van der Waals surface area contributed by atoms with E-state index >= 15 is 0 Å². The van der Waals surface area contributed by atoms with E-state index < -0.39 is 0 Å². The van der Waals surface area contributed by atoms with E-state index in [0.717, 1.165) is 24.2 Å². The Morgan fingerprint density at radius 3 is 2.94 bits per heavy atom. The van der Waals surface area contributed by atoms with Gasteiger partial charge in [-0.3, -0.25) is 0 Å². The first kappa shape index (κ1) is 11.3. The number of rotatable bonds is 2. The van der Waals surface area contributed by atoms with Crippen LogP contribution < -0.4 is 5.32 Å². The van der Waals surface area contributed by atoms with Gasteiger partial charge in [-0.25, -0.2) is 0 Å². The van der Waals surface area contributed by atoms with Crippen molar-refractivity contribution < 1.29 is 4.52 Å². The number of fused-ring (bicyclic) bond motifs is 1. The fourth-order valence-electron chi connectivity index (χ4n) is 2.97. The predicted molar refractivity (Wildman–Crippen MR) is 72.1 cm³/mol. The van der Waals surface area contributed by atoms with E-state index in [0.29, 0.717) is 5.92 Å². The Morgan fingerprint density at radius 2 is 2.17 bits per heavy atom. The van der Waals surface area contributed by atoms with E-state index in [2.05, 4.69) is 36.5 Å². The molecule has 94 valence electrons. The van der Waals surface area contributed by atoms with Crippen molar-refractivity contribution in [3.8, 4) is 0 Å². The highest BCUT2D eigenvalue weighted by molar-refractivity contribution is 5.54. The van der Waals surface area contributed by atoms with Gasteiger partial charge in [0.15, 0.2) is 0 Å². The zero-order chi connectivity index (χ0) is 12.7. The Morgan fingerprint density at radius 1 is 1.33 bits per heavy atom. The van der Waals surface area contributed by atoms with Gasteiger partial charge in [0.1, 0.15) is 12.0 Å². The summed E-state index contributed by atoms with van der Waals surface area (Å²) in [6.45, 7) is 4.40. The van der Waals surface area contributed by atoms with Crippen LogP contribution in [-0.4, -0.2) is 12.2 Å². The van der Waals surface area contributed by atoms with Gasteiger partial charge in [-0.05, 0) is 48.9 Å². The standard InChI is InChI=1S/C15H18N2O/c1-9-4-5-12-11(10(9)2)6-7-13(12)15-14(16-3)8-18-17-15/h4-5,8,13,16H,6-7H2,1-3H3. The van der Waals surface area contributed by atoms with Crippen molar-refractivity contribution in [3.63, 3.8) is 0 Å². The van der Waals surface area contributed by atoms with Crippen molar-refractivity contribution in [3.05, 3.63) is 46.3 Å². The predicted octanol–water partition coefficient (Wildman–Crippen LogP) is 3.41. The SMILES string of the molecule is CNc1conc1C1CCc2c1ccc(C)c2C. The lowest BCUT2D eigenvalue weighted by atomic mass is 9.94. The summed E-state index contributed by atoms with van der Waals surface area (Å²) in [6.07, 6.45) is 3.96. The summed E-state index contributed by atoms with van der Waals surface area (Å²) in [6, 6.07) is 4.47. The monoisotopic (exact) mass is 242 g/mol. The molecular formula is C15H18N2O. The second kappa shape index (κ2) is 4.16. The lowest BCUT2D eigenvalue weighted by Gasteiger charge is -2.12. The molecule has 0 saturated carbocycles. The Kier molecular flexibility index (Phi) is 2.62. The summed E-state index contributed by atoms with van der Waals surface area (Å²) in [7, 11) is 1.91. The smallest absolute Gasteiger partial charge is 0.147 e. The zero-order valence-corrected chi connectivity index (χ0v) is 11.1. The molecule has 1 heterocycles. The summed E-state index contributed by atoms with van der Waals surface area (Å²) in [5.41, 5.74) is 7.78. The van der Waals surface area contributed by atoms with Gasteiger partial charge in [0.2, 0.25) is 0 Å². The van der Waals surface area contributed by atoms with Gasteiger partial charge in [0.05, 0.1) is 5.69 Å². The minimum absolute atomic E-state index is 0.375. The fourth-order valence-corrected chi connectivity index (χ4v) is 2.97. The Hall–Kier alpha value is -1.77. The number of aryl methyl sites for hydroxylation is 1. The van der Waals surface area contributed by atoms with Gasteiger partial charge < -0.3 is 9.84 Å². The average Bonchev–Trinajstić information content (AvgIpc) is 2.99. The zero-order valence-electron chi connectivity index (χ0n) is 11.1. The van der Waals surface area contributed by atoms with Crippen LogP contribution in [0.5, 0.6) is 0 Å². The van der Waals surface area contributed by atoms with Gasteiger partial charge in [0.25, 0.3) is 0 Å². The van der Waals surface area contributed by atoms with Crippen molar-refractivity contribution >= 4 is 5.69 Å². The second-order valence-corrected chi connectivity index (χ2v) is 5.03. The van der Waals surface area contributed by atoms with Gasteiger partial charge in [0, 0.05) is 13.0 Å². The highest BCUT2D eigenvalue weighted by atomic mass is 16.5. The summed E-state index contributed by atoms with van der Waals surface area (Å²) in [5, 5.41) is 7.34. The van der Waals surface area contributed by atoms with Crippen LogP contribution in [-0.2, 0) is 6.42 Å². The molecule has 0 spiro atoms. The van der Waals surface area contributed by atoms with Crippen LogP contribution >= 0.6 is 0 Å². The molecule has 1 N–H and O–H groups in total. The molecule has 1 aliphatic rings. The molecule has 1 atom stereocenters. The van der Waals surface area contributed by atoms with Crippen LogP contribution in [0.2, 0.25) is 0 Å². The van der Waals surface area contributed by atoms with E-state index in [9.17, 15) is 0 Å². The van der Waals surface area contributed by atoms with Crippen LogP contribution in [0, 0.1) is 13.8 Å². The molecule has 1 aromatic heterocycles. The third-order valence-electron chi connectivity index (χ3n) is 4.16. The quantitative estimate of drug-likeness (QED) is 0.877. The summed E-state index contributed by atoms with van der Waals surface area (Å²) in [4.78, 5) is 0. The molecule has 0 radical (unpaired) electrons. The van der Waals surface area contributed by atoms with E-state index in [1.807, 2.05) is 7.05 Å². The molecule has 2 aromatic rings. The maximum atomic E-state index is 5.11. The van der Waals surface area contributed by atoms with Crippen molar-refractivity contribution in [1.82, 2.24) is 5.16 Å². The van der Waals surface area contributed by atoms with E-state index in [1.165, 1.54) is 22.3 Å². The molecule has 0 saturated heterocycles. The van der Waals surface area contributed by atoms with Gasteiger partial charge in [-0.15, -0.1) is 0 Å². The number of hydrogen-bond donors (Lipinski definition) is 1. The Labute approximate surface area is 107 Å². The van der Waals surface area contributed by atoms with Crippen LogP contribution in [0.1, 0.15) is 40.3 Å². The molecular weight excluding hydrogens is 224 g/mol. The van der Waals surface area contributed by atoms with E-state index in [-0.39, 0.29) is 0 Å². The van der Waals surface area contributed by atoms with Crippen LogP contribution in [0.25, 0.3) is 0 Å². The van der Waals surface area contributed by atoms with Crippen LogP contribution in [0.4, 0.5) is 5.69 Å². The molecule has 3 heteroatoms.